The highest BCUT2D eigenvalue weighted by atomic mass is 127. The second-order valence-electron chi connectivity index (χ2n) is 3.59. The first kappa shape index (κ1) is 15.2. The fraction of sp³-hybridized carbons (Fsp3) is 0.300. The summed E-state index contributed by atoms with van der Waals surface area (Å²) in [6.07, 6.45) is 0. The lowest BCUT2D eigenvalue weighted by Crippen LogP contribution is -2.18. The number of hydrogen-bond donors (Lipinski definition) is 0. The second kappa shape index (κ2) is 5.83. The summed E-state index contributed by atoms with van der Waals surface area (Å²) in [5.41, 5.74) is 0. The van der Waals surface area contributed by atoms with E-state index in [0.29, 0.717) is 3.57 Å². The Morgan fingerprint density at radius 3 is 2.41 bits per heavy atom. The molecule has 0 fully saturated rings. The summed E-state index contributed by atoms with van der Waals surface area (Å²) in [7, 11) is -4.02. The van der Waals surface area contributed by atoms with Crippen molar-refractivity contribution in [1.29, 1.82) is 0 Å². The van der Waals surface area contributed by atoms with E-state index in [1.807, 2.05) is 45.2 Å². The summed E-state index contributed by atoms with van der Waals surface area (Å²) in [5, 5.41) is 0. The molecule has 0 unspecified atom stereocenters. The Kier molecular flexibility index (Phi) is 5.20. The van der Waals surface area contributed by atoms with Crippen molar-refractivity contribution in [2.24, 2.45) is 5.92 Å². The summed E-state index contributed by atoms with van der Waals surface area (Å²) >= 11 is 3.89. The summed E-state index contributed by atoms with van der Waals surface area (Å²) in [4.78, 5) is 11.3. The van der Waals surface area contributed by atoms with Crippen LogP contribution in [0.15, 0.2) is 23.1 Å². The standard InChI is InChI=1S/C10H10I2O4S/c1-6(2)10(13)16-17(14,15)9-5-7(11)3-4-8(9)12/h3-6H,1-2H3. The largest absolute Gasteiger partial charge is 0.342 e. The van der Waals surface area contributed by atoms with Crippen LogP contribution in [0.2, 0.25) is 0 Å². The number of rotatable bonds is 3. The molecule has 0 aliphatic carbocycles. The molecule has 0 N–H and O–H groups in total. The zero-order valence-electron chi connectivity index (χ0n) is 9.11. The highest BCUT2D eigenvalue weighted by molar-refractivity contribution is 14.1. The zero-order chi connectivity index (χ0) is 13.2. The van der Waals surface area contributed by atoms with Crippen LogP contribution in [0.3, 0.4) is 0 Å². The Morgan fingerprint density at radius 2 is 1.88 bits per heavy atom. The van der Waals surface area contributed by atoms with E-state index in [2.05, 4.69) is 4.18 Å². The van der Waals surface area contributed by atoms with Crippen LogP contribution >= 0.6 is 45.2 Å². The Balaban J connectivity index is 3.14. The number of benzene rings is 1. The molecular formula is C10H10I2O4S. The molecular weight excluding hydrogens is 470 g/mol. The molecule has 0 spiro atoms. The van der Waals surface area contributed by atoms with Crippen molar-refractivity contribution in [2.75, 3.05) is 0 Å². The maximum absolute atomic E-state index is 11.9. The summed E-state index contributed by atoms with van der Waals surface area (Å²) < 4.78 is 29.6. The van der Waals surface area contributed by atoms with Crippen LogP contribution in [0.1, 0.15) is 13.8 Å². The van der Waals surface area contributed by atoms with E-state index in [4.69, 9.17) is 0 Å². The van der Waals surface area contributed by atoms with Gasteiger partial charge in [0.05, 0.1) is 5.92 Å². The van der Waals surface area contributed by atoms with E-state index in [1.54, 1.807) is 26.0 Å². The van der Waals surface area contributed by atoms with Crippen molar-refractivity contribution >= 4 is 61.3 Å². The maximum atomic E-state index is 11.9. The van der Waals surface area contributed by atoms with Crippen molar-refractivity contribution in [3.63, 3.8) is 0 Å². The molecule has 1 aromatic carbocycles. The SMILES string of the molecule is CC(C)C(=O)OS(=O)(=O)c1cc(I)ccc1I. The highest BCUT2D eigenvalue weighted by Crippen LogP contribution is 2.23. The number of halogens is 2. The highest BCUT2D eigenvalue weighted by Gasteiger charge is 2.24. The van der Waals surface area contributed by atoms with Crippen LogP contribution in [0.5, 0.6) is 0 Å². The van der Waals surface area contributed by atoms with E-state index in [0.717, 1.165) is 3.57 Å². The van der Waals surface area contributed by atoms with Gasteiger partial charge in [-0.25, -0.2) is 0 Å². The molecule has 0 aliphatic heterocycles. The van der Waals surface area contributed by atoms with E-state index in [1.165, 1.54) is 6.07 Å². The first-order valence-electron chi connectivity index (χ1n) is 4.67. The third-order valence-electron chi connectivity index (χ3n) is 1.83. The van der Waals surface area contributed by atoms with Gasteiger partial charge >= 0.3 is 16.1 Å². The van der Waals surface area contributed by atoms with Gasteiger partial charge in [0.1, 0.15) is 4.90 Å². The van der Waals surface area contributed by atoms with Gasteiger partial charge in [0.2, 0.25) is 0 Å². The molecule has 94 valence electrons. The van der Waals surface area contributed by atoms with Crippen LogP contribution in [-0.4, -0.2) is 14.4 Å². The normalized spacial score (nSPS) is 11.6. The molecule has 0 bridgehead atoms. The molecule has 1 aromatic rings. The van der Waals surface area contributed by atoms with E-state index >= 15 is 0 Å². The number of carbonyl (C=O) groups is 1. The fourth-order valence-corrected chi connectivity index (χ4v) is 3.84. The van der Waals surface area contributed by atoms with Crippen molar-refractivity contribution in [3.8, 4) is 0 Å². The van der Waals surface area contributed by atoms with Gasteiger partial charge in [-0.3, -0.25) is 4.79 Å². The molecule has 7 heteroatoms. The fourth-order valence-electron chi connectivity index (χ4n) is 0.918. The lowest BCUT2D eigenvalue weighted by atomic mass is 10.2. The minimum Gasteiger partial charge on any atom is -0.342 e. The molecule has 0 radical (unpaired) electrons. The quantitative estimate of drug-likeness (QED) is 0.494. The average Bonchev–Trinajstić information content (AvgIpc) is 2.20. The van der Waals surface area contributed by atoms with Crippen LogP contribution < -0.4 is 0 Å². The van der Waals surface area contributed by atoms with Gasteiger partial charge in [-0.1, -0.05) is 13.8 Å². The predicted octanol–water partition coefficient (Wildman–Crippen LogP) is 2.78. The van der Waals surface area contributed by atoms with E-state index in [-0.39, 0.29) is 4.90 Å². The minimum atomic E-state index is -4.02. The molecule has 0 heterocycles. The summed E-state index contributed by atoms with van der Waals surface area (Å²) in [6.45, 7) is 3.16. The lowest BCUT2D eigenvalue weighted by Gasteiger charge is -2.09. The van der Waals surface area contributed by atoms with Gasteiger partial charge in [-0.15, -0.1) is 0 Å². The molecule has 0 saturated heterocycles. The summed E-state index contributed by atoms with van der Waals surface area (Å²) in [5.74, 6) is -1.23. The third kappa shape index (κ3) is 4.05. The first-order valence-corrected chi connectivity index (χ1v) is 8.24. The molecule has 0 aliphatic rings. The van der Waals surface area contributed by atoms with Crippen LogP contribution in [0, 0.1) is 13.1 Å². The second-order valence-corrected chi connectivity index (χ2v) is 7.51. The van der Waals surface area contributed by atoms with Crippen molar-refractivity contribution < 1.29 is 17.4 Å². The molecule has 4 nitrogen and oxygen atoms in total. The topological polar surface area (TPSA) is 60.4 Å². The van der Waals surface area contributed by atoms with Gasteiger partial charge < -0.3 is 4.18 Å². The molecule has 1 rings (SSSR count). The lowest BCUT2D eigenvalue weighted by molar-refractivity contribution is -0.137. The van der Waals surface area contributed by atoms with Gasteiger partial charge in [-0.05, 0) is 63.4 Å². The molecule has 0 saturated carbocycles. The Morgan fingerprint density at radius 1 is 1.29 bits per heavy atom. The van der Waals surface area contributed by atoms with Crippen molar-refractivity contribution in [2.45, 2.75) is 18.7 Å². The number of hydrogen-bond acceptors (Lipinski definition) is 4. The Labute approximate surface area is 128 Å². The minimum absolute atomic E-state index is 0.0269. The molecule has 0 aromatic heterocycles. The monoisotopic (exact) mass is 480 g/mol. The van der Waals surface area contributed by atoms with Crippen LogP contribution in [0.25, 0.3) is 0 Å². The smallest absolute Gasteiger partial charge is 0.342 e. The van der Waals surface area contributed by atoms with Gasteiger partial charge in [0.25, 0.3) is 0 Å². The number of carbonyl (C=O) groups excluding carboxylic acids is 1. The van der Waals surface area contributed by atoms with E-state index < -0.39 is 22.0 Å². The van der Waals surface area contributed by atoms with E-state index in [9.17, 15) is 13.2 Å². The van der Waals surface area contributed by atoms with Crippen molar-refractivity contribution in [3.05, 3.63) is 25.3 Å². The zero-order valence-corrected chi connectivity index (χ0v) is 14.2. The van der Waals surface area contributed by atoms with Gasteiger partial charge in [0.15, 0.2) is 0 Å². The first-order chi connectivity index (χ1) is 7.74. The summed E-state index contributed by atoms with van der Waals surface area (Å²) in [6, 6.07) is 4.93. The Bertz CT molecular complexity index is 537. The molecule has 17 heavy (non-hydrogen) atoms. The van der Waals surface area contributed by atoms with Gasteiger partial charge in [-0.2, -0.15) is 8.42 Å². The maximum Gasteiger partial charge on any atom is 0.342 e. The van der Waals surface area contributed by atoms with Crippen LogP contribution in [-0.2, 0) is 19.1 Å². The molecule has 0 amide bonds. The Hall–Kier alpha value is 0.1000. The van der Waals surface area contributed by atoms with Crippen molar-refractivity contribution in [1.82, 2.24) is 0 Å². The van der Waals surface area contributed by atoms with Crippen LogP contribution in [0.4, 0.5) is 0 Å². The predicted molar refractivity (Wildman–Crippen MR) is 80.0 cm³/mol. The van der Waals surface area contributed by atoms with Gasteiger partial charge in [0, 0.05) is 7.14 Å². The molecule has 0 atom stereocenters. The average molecular weight is 480 g/mol. The third-order valence-corrected chi connectivity index (χ3v) is 5.06.